The highest BCUT2D eigenvalue weighted by molar-refractivity contribution is 8.00. The van der Waals surface area contributed by atoms with Gasteiger partial charge in [-0.1, -0.05) is 13.3 Å². The third kappa shape index (κ3) is 4.25. The Morgan fingerprint density at radius 3 is 3.05 bits per heavy atom. The highest BCUT2D eigenvalue weighted by Gasteiger charge is 2.25. The molecule has 1 aromatic rings. The molecule has 0 radical (unpaired) electrons. The van der Waals surface area contributed by atoms with Crippen molar-refractivity contribution in [2.45, 2.75) is 63.8 Å². The van der Waals surface area contributed by atoms with Crippen LogP contribution in [-0.2, 0) is 13.0 Å². The van der Waals surface area contributed by atoms with Crippen LogP contribution >= 0.6 is 11.8 Å². The molecule has 4 heteroatoms. The van der Waals surface area contributed by atoms with Crippen molar-refractivity contribution >= 4 is 11.8 Å². The summed E-state index contributed by atoms with van der Waals surface area (Å²) in [4.78, 5) is 4.54. The van der Waals surface area contributed by atoms with E-state index in [4.69, 9.17) is 0 Å². The van der Waals surface area contributed by atoms with Gasteiger partial charge >= 0.3 is 0 Å². The van der Waals surface area contributed by atoms with Gasteiger partial charge < -0.3 is 9.88 Å². The summed E-state index contributed by atoms with van der Waals surface area (Å²) in [6, 6.07) is 0.581. The Morgan fingerprint density at radius 1 is 1.47 bits per heavy atom. The van der Waals surface area contributed by atoms with Crippen LogP contribution in [0.3, 0.4) is 0 Å². The first-order valence-corrected chi connectivity index (χ1v) is 8.75. The SMILES string of the molecule is CCCNC(Cc1nccn1CC)C1CCCCS1. The fourth-order valence-corrected chi connectivity index (χ4v) is 4.19. The summed E-state index contributed by atoms with van der Waals surface area (Å²) in [7, 11) is 0. The number of thioether (sulfide) groups is 1. The number of aromatic nitrogens is 2. The molecule has 1 aliphatic rings. The zero-order valence-electron chi connectivity index (χ0n) is 12.3. The molecule has 0 aliphatic carbocycles. The molecule has 2 atom stereocenters. The zero-order valence-corrected chi connectivity index (χ0v) is 13.1. The lowest BCUT2D eigenvalue weighted by molar-refractivity contribution is 0.448. The van der Waals surface area contributed by atoms with Crippen molar-refractivity contribution in [1.29, 1.82) is 0 Å². The Morgan fingerprint density at radius 2 is 2.37 bits per heavy atom. The molecule has 0 amide bonds. The van der Waals surface area contributed by atoms with E-state index in [-0.39, 0.29) is 0 Å². The second kappa shape index (κ2) is 7.95. The number of nitrogens with one attached hydrogen (secondary N) is 1. The number of rotatable bonds is 7. The molecular weight excluding hydrogens is 254 g/mol. The fourth-order valence-electron chi connectivity index (χ4n) is 2.76. The van der Waals surface area contributed by atoms with E-state index < -0.39 is 0 Å². The average molecular weight is 281 g/mol. The molecule has 0 saturated carbocycles. The van der Waals surface area contributed by atoms with Crippen molar-refractivity contribution in [3.8, 4) is 0 Å². The topological polar surface area (TPSA) is 29.9 Å². The largest absolute Gasteiger partial charge is 0.335 e. The highest BCUT2D eigenvalue weighted by Crippen LogP contribution is 2.28. The molecule has 1 aromatic heterocycles. The van der Waals surface area contributed by atoms with Crippen molar-refractivity contribution in [3.63, 3.8) is 0 Å². The number of hydrogen-bond donors (Lipinski definition) is 1. The second-order valence-corrected chi connectivity index (χ2v) is 6.65. The first-order chi connectivity index (χ1) is 9.35. The minimum Gasteiger partial charge on any atom is -0.335 e. The number of hydrogen-bond acceptors (Lipinski definition) is 3. The Kier molecular flexibility index (Phi) is 6.24. The van der Waals surface area contributed by atoms with Crippen LogP contribution in [0.25, 0.3) is 0 Å². The van der Waals surface area contributed by atoms with Gasteiger partial charge in [0.25, 0.3) is 0 Å². The van der Waals surface area contributed by atoms with Gasteiger partial charge in [-0.05, 0) is 38.5 Å². The highest BCUT2D eigenvalue weighted by atomic mass is 32.2. The minimum absolute atomic E-state index is 0.581. The summed E-state index contributed by atoms with van der Waals surface area (Å²) in [5.41, 5.74) is 0. The van der Waals surface area contributed by atoms with Crippen LogP contribution in [-0.4, -0.2) is 33.1 Å². The monoisotopic (exact) mass is 281 g/mol. The van der Waals surface area contributed by atoms with E-state index in [1.54, 1.807) is 0 Å². The normalized spacial score (nSPS) is 21.5. The Hall–Kier alpha value is -0.480. The molecule has 1 saturated heterocycles. The number of nitrogens with zero attached hydrogens (tertiary/aromatic N) is 2. The summed E-state index contributed by atoms with van der Waals surface area (Å²) in [6.45, 7) is 6.57. The maximum absolute atomic E-state index is 4.54. The van der Waals surface area contributed by atoms with Gasteiger partial charge in [0.1, 0.15) is 5.82 Å². The van der Waals surface area contributed by atoms with Crippen molar-refractivity contribution in [3.05, 3.63) is 18.2 Å². The van der Waals surface area contributed by atoms with E-state index in [0.29, 0.717) is 6.04 Å². The van der Waals surface area contributed by atoms with E-state index in [1.165, 1.54) is 37.3 Å². The first-order valence-electron chi connectivity index (χ1n) is 7.70. The number of aryl methyl sites for hydroxylation is 1. The molecular formula is C15H27N3S. The molecule has 2 unspecified atom stereocenters. The van der Waals surface area contributed by atoms with Gasteiger partial charge in [0.2, 0.25) is 0 Å². The van der Waals surface area contributed by atoms with Crippen LogP contribution in [0.5, 0.6) is 0 Å². The van der Waals surface area contributed by atoms with E-state index in [0.717, 1.165) is 24.8 Å². The molecule has 1 aliphatic heterocycles. The Bertz CT molecular complexity index is 358. The molecule has 0 bridgehead atoms. The van der Waals surface area contributed by atoms with E-state index in [1.807, 2.05) is 6.20 Å². The van der Waals surface area contributed by atoms with Crippen LogP contribution < -0.4 is 5.32 Å². The van der Waals surface area contributed by atoms with Gasteiger partial charge in [0.15, 0.2) is 0 Å². The van der Waals surface area contributed by atoms with E-state index >= 15 is 0 Å². The summed E-state index contributed by atoms with van der Waals surface area (Å²) >= 11 is 2.16. The van der Waals surface area contributed by atoms with Gasteiger partial charge in [0, 0.05) is 36.7 Å². The third-order valence-corrected chi connectivity index (χ3v) is 5.38. The maximum atomic E-state index is 4.54. The van der Waals surface area contributed by atoms with Gasteiger partial charge in [-0.25, -0.2) is 4.98 Å². The molecule has 2 rings (SSSR count). The van der Waals surface area contributed by atoms with Crippen LogP contribution in [0.15, 0.2) is 12.4 Å². The van der Waals surface area contributed by atoms with Gasteiger partial charge in [-0.15, -0.1) is 0 Å². The fraction of sp³-hybridized carbons (Fsp3) is 0.800. The zero-order chi connectivity index (χ0) is 13.5. The molecule has 19 heavy (non-hydrogen) atoms. The Labute approximate surface area is 121 Å². The third-order valence-electron chi connectivity index (χ3n) is 3.87. The predicted molar refractivity (Wildman–Crippen MR) is 83.8 cm³/mol. The summed E-state index contributed by atoms with van der Waals surface area (Å²) in [5.74, 6) is 2.57. The quantitative estimate of drug-likeness (QED) is 0.833. The van der Waals surface area contributed by atoms with Crippen molar-refractivity contribution in [1.82, 2.24) is 14.9 Å². The first kappa shape index (κ1) is 14.9. The average Bonchev–Trinajstić information content (AvgIpc) is 2.91. The van der Waals surface area contributed by atoms with Crippen LogP contribution in [0.4, 0.5) is 0 Å². The van der Waals surface area contributed by atoms with E-state index in [2.05, 4.69) is 46.7 Å². The lowest BCUT2D eigenvalue weighted by Gasteiger charge is -2.30. The molecule has 2 heterocycles. The number of imidazole rings is 1. The lowest BCUT2D eigenvalue weighted by Crippen LogP contribution is -2.42. The van der Waals surface area contributed by atoms with Gasteiger partial charge in [-0.2, -0.15) is 11.8 Å². The maximum Gasteiger partial charge on any atom is 0.110 e. The summed E-state index contributed by atoms with van der Waals surface area (Å²) in [5, 5.41) is 4.52. The molecule has 3 nitrogen and oxygen atoms in total. The van der Waals surface area contributed by atoms with Crippen LogP contribution in [0.1, 0.15) is 45.4 Å². The van der Waals surface area contributed by atoms with Gasteiger partial charge in [0.05, 0.1) is 0 Å². The standard InChI is InChI=1S/C15H27N3S/c1-3-8-16-13(14-7-5-6-11-19-14)12-15-17-9-10-18(15)4-2/h9-10,13-14,16H,3-8,11-12H2,1-2H3. The lowest BCUT2D eigenvalue weighted by atomic mass is 10.0. The molecule has 108 valence electrons. The predicted octanol–water partition coefficient (Wildman–Crippen LogP) is 3.10. The van der Waals surface area contributed by atoms with Crippen molar-refractivity contribution < 1.29 is 0 Å². The van der Waals surface area contributed by atoms with Crippen molar-refractivity contribution in [2.75, 3.05) is 12.3 Å². The van der Waals surface area contributed by atoms with Gasteiger partial charge in [-0.3, -0.25) is 0 Å². The molecule has 1 fully saturated rings. The molecule has 0 aromatic carbocycles. The summed E-state index contributed by atoms with van der Waals surface area (Å²) < 4.78 is 2.27. The molecule has 0 spiro atoms. The van der Waals surface area contributed by atoms with Crippen LogP contribution in [0, 0.1) is 0 Å². The summed E-state index contributed by atoms with van der Waals surface area (Å²) in [6.07, 6.45) is 10.5. The van der Waals surface area contributed by atoms with Crippen molar-refractivity contribution in [2.24, 2.45) is 0 Å². The van der Waals surface area contributed by atoms with Crippen LogP contribution in [0.2, 0.25) is 0 Å². The second-order valence-electron chi connectivity index (χ2n) is 5.30. The minimum atomic E-state index is 0.581. The smallest absolute Gasteiger partial charge is 0.110 e. The molecule has 1 N–H and O–H groups in total. The Balaban J connectivity index is 1.99. The van der Waals surface area contributed by atoms with E-state index in [9.17, 15) is 0 Å².